The van der Waals surface area contributed by atoms with Crippen LogP contribution in [-0.2, 0) is 29.6 Å². The zero-order valence-corrected chi connectivity index (χ0v) is 21.7. The summed E-state index contributed by atoms with van der Waals surface area (Å²) in [7, 11) is -3.55. The first-order valence-electron chi connectivity index (χ1n) is 12.1. The number of carbonyl (C=O) groups is 2. The van der Waals surface area contributed by atoms with Gasteiger partial charge in [0.2, 0.25) is 5.91 Å². The molecule has 9 heteroatoms. The van der Waals surface area contributed by atoms with Crippen molar-refractivity contribution < 1.29 is 23.2 Å². The highest BCUT2D eigenvalue weighted by Gasteiger charge is 2.33. The second kappa shape index (κ2) is 11.6. The summed E-state index contributed by atoms with van der Waals surface area (Å²) in [6.45, 7) is 3.96. The average Bonchev–Trinajstić information content (AvgIpc) is 3.22. The number of carbonyl (C=O) groups excluding carboxylic acids is 2. The summed E-state index contributed by atoms with van der Waals surface area (Å²) < 4.78 is 24.5. The number of amides is 2. The van der Waals surface area contributed by atoms with Crippen molar-refractivity contribution in [3.05, 3.63) is 89.5 Å². The fourth-order valence-electron chi connectivity index (χ4n) is 4.15. The Balaban J connectivity index is 1.79. The maximum absolute atomic E-state index is 13.5. The molecule has 1 heterocycles. The number of nitrogens with two attached hydrogens (primary N) is 1. The first-order valence-corrected chi connectivity index (χ1v) is 13.7. The monoisotopic (exact) mass is 519 g/mol. The molecule has 0 fully saturated rings. The Morgan fingerprint density at radius 3 is 2.27 bits per heavy atom. The van der Waals surface area contributed by atoms with E-state index in [1.165, 1.54) is 0 Å². The van der Waals surface area contributed by atoms with Crippen molar-refractivity contribution in [1.82, 2.24) is 0 Å². The van der Waals surface area contributed by atoms with E-state index in [2.05, 4.69) is 10.6 Å². The summed E-state index contributed by atoms with van der Waals surface area (Å²) >= 11 is 0. The molecule has 8 nitrogen and oxygen atoms in total. The molecule has 37 heavy (non-hydrogen) atoms. The van der Waals surface area contributed by atoms with Crippen LogP contribution in [-0.4, -0.2) is 25.0 Å². The number of fused-ring (bicyclic) bond motifs is 1. The SMILES string of the molecule is CCOP(=O)(OCC)c1ccc2c(c1)/C(=C(/Nc1ccc(CCC(N)=O)cc1)c1ccccc1)C(=O)N2. The van der Waals surface area contributed by atoms with Crippen molar-refractivity contribution in [2.75, 3.05) is 23.8 Å². The van der Waals surface area contributed by atoms with E-state index in [0.29, 0.717) is 34.2 Å². The van der Waals surface area contributed by atoms with Crippen molar-refractivity contribution >= 4 is 47.4 Å². The highest BCUT2D eigenvalue weighted by molar-refractivity contribution is 7.62. The summed E-state index contributed by atoms with van der Waals surface area (Å²) in [5, 5.41) is 6.70. The molecule has 2 amide bonds. The molecule has 0 bridgehead atoms. The standard InChI is InChI=1S/C28H30N3O5P/c1-3-35-37(34,36-4-2)22-15-16-24-23(18-22)26(28(33)31-24)27(20-8-6-5-7-9-20)30-21-13-10-19(11-14-21)12-17-25(29)32/h5-11,13-16,18,30H,3-4,12,17H2,1-2H3,(H2,29,32)(H,31,33)/b27-26-. The molecule has 0 spiro atoms. The summed E-state index contributed by atoms with van der Waals surface area (Å²) in [6, 6.07) is 22.2. The first-order chi connectivity index (χ1) is 17.8. The predicted octanol–water partition coefficient (Wildman–Crippen LogP) is 4.93. The van der Waals surface area contributed by atoms with Crippen LogP contribution in [0, 0.1) is 0 Å². The van der Waals surface area contributed by atoms with Crippen LogP contribution >= 0.6 is 7.60 Å². The molecule has 3 aromatic rings. The summed E-state index contributed by atoms with van der Waals surface area (Å²) in [4.78, 5) is 24.4. The van der Waals surface area contributed by atoms with Crippen molar-refractivity contribution in [3.8, 4) is 0 Å². The number of aryl methyl sites for hydroxylation is 1. The molecule has 0 aromatic heterocycles. The Hall–Kier alpha value is -3.71. The maximum Gasteiger partial charge on any atom is 0.361 e. The minimum Gasteiger partial charge on any atom is -0.370 e. The van der Waals surface area contributed by atoms with Gasteiger partial charge in [-0.2, -0.15) is 0 Å². The fourth-order valence-corrected chi connectivity index (χ4v) is 5.75. The number of benzene rings is 3. The normalized spacial score (nSPS) is 14.2. The Morgan fingerprint density at radius 1 is 0.973 bits per heavy atom. The molecule has 0 atom stereocenters. The number of anilines is 2. The third-order valence-corrected chi connectivity index (χ3v) is 7.96. The highest BCUT2D eigenvalue weighted by Crippen LogP contribution is 2.48. The lowest BCUT2D eigenvalue weighted by molar-refractivity contribution is -0.118. The molecule has 0 aliphatic carbocycles. The van der Waals surface area contributed by atoms with Crippen molar-refractivity contribution in [2.45, 2.75) is 26.7 Å². The number of hydrogen-bond donors (Lipinski definition) is 3. The molecule has 1 aliphatic heterocycles. The number of rotatable bonds is 11. The molecule has 4 rings (SSSR count). The number of nitrogens with one attached hydrogen (secondary N) is 2. The van der Waals surface area contributed by atoms with Gasteiger partial charge in [-0.05, 0) is 61.7 Å². The Bertz CT molecular complexity index is 1360. The average molecular weight is 520 g/mol. The Morgan fingerprint density at radius 2 is 1.65 bits per heavy atom. The van der Waals surface area contributed by atoms with E-state index >= 15 is 0 Å². The second-order valence-corrected chi connectivity index (χ2v) is 10.4. The van der Waals surface area contributed by atoms with Gasteiger partial charge in [0, 0.05) is 23.4 Å². The molecular weight excluding hydrogens is 489 g/mol. The van der Waals surface area contributed by atoms with Crippen LogP contribution in [0.3, 0.4) is 0 Å². The fraction of sp³-hybridized carbons (Fsp3) is 0.214. The smallest absolute Gasteiger partial charge is 0.361 e. The van der Waals surface area contributed by atoms with Crippen LogP contribution in [0.4, 0.5) is 11.4 Å². The molecule has 3 aromatic carbocycles. The van der Waals surface area contributed by atoms with Gasteiger partial charge in [-0.15, -0.1) is 0 Å². The van der Waals surface area contributed by atoms with Gasteiger partial charge in [0.15, 0.2) is 0 Å². The first kappa shape index (κ1) is 26.4. The summed E-state index contributed by atoms with van der Waals surface area (Å²) in [5.41, 5.74) is 10.0. The molecule has 0 saturated heterocycles. The molecule has 4 N–H and O–H groups in total. The molecule has 0 unspecified atom stereocenters. The van der Waals surface area contributed by atoms with Crippen LogP contribution in [0.5, 0.6) is 0 Å². The van der Waals surface area contributed by atoms with Gasteiger partial charge >= 0.3 is 7.60 Å². The van der Waals surface area contributed by atoms with Gasteiger partial charge in [0.05, 0.1) is 29.8 Å². The third kappa shape index (κ3) is 6.00. The predicted molar refractivity (Wildman–Crippen MR) is 146 cm³/mol. The van der Waals surface area contributed by atoms with Gasteiger partial charge in [-0.3, -0.25) is 14.2 Å². The van der Waals surface area contributed by atoms with E-state index in [4.69, 9.17) is 14.8 Å². The lowest BCUT2D eigenvalue weighted by Gasteiger charge is -2.18. The van der Waals surface area contributed by atoms with Crippen LogP contribution in [0.1, 0.15) is 37.0 Å². The van der Waals surface area contributed by atoms with E-state index in [1.54, 1.807) is 32.0 Å². The van der Waals surface area contributed by atoms with E-state index in [1.807, 2.05) is 54.6 Å². The zero-order valence-electron chi connectivity index (χ0n) is 20.8. The van der Waals surface area contributed by atoms with Crippen molar-refractivity contribution in [1.29, 1.82) is 0 Å². The molecule has 192 valence electrons. The van der Waals surface area contributed by atoms with Gasteiger partial charge < -0.3 is 25.4 Å². The van der Waals surface area contributed by atoms with Gasteiger partial charge in [-0.1, -0.05) is 42.5 Å². The minimum absolute atomic E-state index is 0.223. The largest absolute Gasteiger partial charge is 0.370 e. The molecule has 1 aliphatic rings. The van der Waals surface area contributed by atoms with Crippen LogP contribution in [0.15, 0.2) is 72.8 Å². The van der Waals surface area contributed by atoms with Gasteiger partial charge in [0.25, 0.3) is 5.91 Å². The topological polar surface area (TPSA) is 120 Å². The zero-order chi connectivity index (χ0) is 26.4. The van der Waals surface area contributed by atoms with Gasteiger partial charge in [-0.25, -0.2) is 0 Å². The highest BCUT2D eigenvalue weighted by atomic mass is 31.2. The number of hydrogen-bond acceptors (Lipinski definition) is 6. The number of primary amides is 1. The van der Waals surface area contributed by atoms with Crippen LogP contribution < -0.4 is 21.7 Å². The quantitative estimate of drug-likeness (QED) is 0.244. The van der Waals surface area contributed by atoms with Crippen molar-refractivity contribution in [3.63, 3.8) is 0 Å². The van der Waals surface area contributed by atoms with Crippen LogP contribution in [0.2, 0.25) is 0 Å². The van der Waals surface area contributed by atoms with E-state index in [-0.39, 0.29) is 31.4 Å². The summed E-state index contributed by atoms with van der Waals surface area (Å²) in [6.07, 6.45) is 0.833. The van der Waals surface area contributed by atoms with Crippen LogP contribution in [0.25, 0.3) is 11.3 Å². The second-order valence-electron chi connectivity index (χ2n) is 8.42. The van der Waals surface area contributed by atoms with E-state index < -0.39 is 7.60 Å². The third-order valence-electron chi connectivity index (χ3n) is 5.86. The summed E-state index contributed by atoms with van der Waals surface area (Å²) in [5.74, 6) is -0.624. The molecular formula is C28H30N3O5P. The van der Waals surface area contributed by atoms with E-state index in [0.717, 1.165) is 16.8 Å². The Labute approximate surface area is 216 Å². The lowest BCUT2D eigenvalue weighted by Crippen LogP contribution is -2.12. The van der Waals surface area contributed by atoms with E-state index in [9.17, 15) is 14.2 Å². The lowest BCUT2D eigenvalue weighted by atomic mass is 10.00. The minimum atomic E-state index is -3.55. The molecule has 0 saturated carbocycles. The Kier molecular flexibility index (Phi) is 8.24. The van der Waals surface area contributed by atoms with Gasteiger partial charge in [0.1, 0.15) is 0 Å². The van der Waals surface area contributed by atoms with Crippen molar-refractivity contribution in [2.24, 2.45) is 5.73 Å². The maximum atomic E-state index is 13.5. The molecule has 0 radical (unpaired) electrons.